The van der Waals surface area contributed by atoms with Crippen molar-refractivity contribution in [1.82, 2.24) is 15.2 Å². The Morgan fingerprint density at radius 3 is 2.11 bits per heavy atom. The molecule has 0 saturated carbocycles. The van der Waals surface area contributed by atoms with E-state index in [1.165, 1.54) is 18.2 Å². The summed E-state index contributed by atoms with van der Waals surface area (Å²) >= 11 is 0. The summed E-state index contributed by atoms with van der Waals surface area (Å²) in [6.07, 6.45) is 1.77. The van der Waals surface area contributed by atoms with Gasteiger partial charge in [0.05, 0.1) is 18.5 Å². The van der Waals surface area contributed by atoms with Crippen molar-refractivity contribution in [1.29, 1.82) is 0 Å². The van der Waals surface area contributed by atoms with E-state index in [1.807, 2.05) is 42.5 Å². The highest BCUT2D eigenvalue weighted by molar-refractivity contribution is 5.87. The Labute approximate surface area is 206 Å². The zero-order chi connectivity index (χ0) is 24.8. The average molecular weight is 468 g/mol. The lowest BCUT2D eigenvalue weighted by Crippen LogP contribution is -2.30. The molecular weight excluding hydrogens is 438 g/mol. The largest absolute Gasteiger partial charge is 0.487 e. The smallest absolute Gasteiger partial charge is 0.358 e. The summed E-state index contributed by atoms with van der Waals surface area (Å²) in [4.78, 5) is 15.9. The lowest BCUT2D eigenvalue weighted by Gasteiger charge is -2.35. The molecule has 0 aliphatic carbocycles. The van der Waals surface area contributed by atoms with E-state index >= 15 is 0 Å². The van der Waals surface area contributed by atoms with Crippen LogP contribution >= 0.6 is 0 Å². The zero-order valence-electron chi connectivity index (χ0n) is 20.4. The lowest BCUT2D eigenvalue weighted by molar-refractivity contribution is 0.0592. The van der Waals surface area contributed by atoms with E-state index in [0.717, 1.165) is 17.0 Å². The molecule has 0 aliphatic heterocycles. The summed E-state index contributed by atoms with van der Waals surface area (Å²) in [5.74, 6) is 0.669. The fourth-order valence-electron chi connectivity index (χ4n) is 4.06. The van der Waals surface area contributed by atoms with Gasteiger partial charge in [0.25, 0.3) is 0 Å². The molecule has 0 spiro atoms. The number of pyridine rings is 1. The van der Waals surface area contributed by atoms with Crippen molar-refractivity contribution in [3.05, 3.63) is 108 Å². The number of aromatic nitrogens is 3. The zero-order valence-corrected chi connectivity index (χ0v) is 20.4. The number of esters is 1. The van der Waals surface area contributed by atoms with Crippen LogP contribution in [0.25, 0.3) is 11.3 Å². The molecule has 0 N–H and O–H groups in total. The second-order valence-electron chi connectivity index (χ2n) is 8.86. The van der Waals surface area contributed by atoms with Crippen LogP contribution in [0.15, 0.2) is 85.1 Å². The minimum Gasteiger partial charge on any atom is -0.487 e. The highest BCUT2D eigenvalue weighted by Gasteiger charge is 2.32. The van der Waals surface area contributed by atoms with Gasteiger partial charge in [0, 0.05) is 17.2 Å². The molecule has 0 radical (unpaired) electrons. The van der Waals surface area contributed by atoms with E-state index in [4.69, 9.17) is 4.74 Å². The van der Waals surface area contributed by atoms with Crippen molar-refractivity contribution in [2.75, 3.05) is 7.11 Å². The third-order valence-electron chi connectivity index (χ3n) is 6.56. The van der Waals surface area contributed by atoms with Crippen molar-refractivity contribution < 1.29 is 14.3 Å². The topological polar surface area (TPSA) is 74.2 Å². The predicted octanol–water partition coefficient (Wildman–Crippen LogP) is 5.87. The summed E-state index contributed by atoms with van der Waals surface area (Å²) in [6, 6.07) is 25.9. The van der Waals surface area contributed by atoms with Crippen LogP contribution in [0.4, 0.5) is 0 Å². The van der Waals surface area contributed by atoms with Crippen LogP contribution in [-0.2, 0) is 16.8 Å². The van der Waals surface area contributed by atoms with Gasteiger partial charge in [0.15, 0.2) is 5.69 Å². The Hall–Kier alpha value is -4.06. The van der Waals surface area contributed by atoms with Crippen molar-refractivity contribution >= 4 is 5.97 Å². The summed E-state index contributed by atoms with van der Waals surface area (Å²) < 4.78 is 10.6. The highest BCUT2D eigenvalue weighted by Crippen LogP contribution is 2.40. The number of methoxy groups -OCH3 is 1. The number of hydrogen-bond donors (Lipinski definition) is 0. The fourth-order valence-corrected chi connectivity index (χ4v) is 4.06. The van der Waals surface area contributed by atoms with Crippen LogP contribution in [0, 0.1) is 5.92 Å². The molecule has 2 heterocycles. The molecule has 2 aromatic carbocycles. The van der Waals surface area contributed by atoms with Crippen LogP contribution in [-0.4, -0.2) is 28.3 Å². The Balaban J connectivity index is 1.53. The standard InChI is InChI=1S/C29H29N3O3/c1-20(2)29(3,23-12-14-25(15-13-23)35-19-24-7-5-6-18-30-24)22-10-8-21(9-11-22)26-16-17-27(32-31-26)28(33)34-4/h5-18,20H,19H2,1-4H3. The maximum atomic E-state index is 11.6. The van der Waals surface area contributed by atoms with Crippen LogP contribution in [0.3, 0.4) is 0 Å². The minimum atomic E-state index is -0.500. The van der Waals surface area contributed by atoms with Crippen molar-refractivity contribution in [2.24, 2.45) is 5.92 Å². The first-order valence-corrected chi connectivity index (χ1v) is 11.6. The van der Waals surface area contributed by atoms with Crippen LogP contribution in [0.1, 0.15) is 48.1 Å². The van der Waals surface area contributed by atoms with Gasteiger partial charge in [-0.1, -0.05) is 63.2 Å². The minimum absolute atomic E-state index is 0.188. The van der Waals surface area contributed by atoms with E-state index in [-0.39, 0.29) is 11.1 Å². The maximum absolute atomic E-state index is 11.6. The van der Waals surface area contributed by atoms with Gasteiger partial charge in [-0.25, -0.2) is 4.79 Å². The Morgan fingerprint density at radius 1 is 0.886 bits per heavy atom. The second kappa shape index (κ2) is 10.5. The number of hydrogen-bond acceptors (Lipinski definition) is 6. The van der Waals surface area contributed by atoms with Gasteiger partial charge in [0.1, 0.15) is 12.4 Å². The molecule has 0 bridgehead atoms. The molecule has 0 amide bonds. The van der Waals surface area contributed by atoms with Crippen LogP contribution in [0.5, 0.6) is 5.75 Å². The van der Waals surface area contributed by atoms with E-state index in [2.05, 4.69) is 65.0 Å². The van der Waals surface area contributed by atoms with E-state index < -0.39 is 5.97 Å². The maximum Gasteiger partial charge on any atom is 0.358 e. The Morgan fingerprint density at radius 2 is 1.57 bits per heavy atom. The summed E-state index contributed by atoms with van der Waals surface area (Å²) in [5.41, 5.74) is 4.94. The SMILES string of the molecule is COC(=O)c1ccc(-c2ccc(C(C)(c3ccc(OCc4ccccn4)cc3)C(C)C)cc2)nn1. The monoisotopic (exact) mass is 467 g/mol. The number of nitrogens with zero attached hydrogens (tertiary/aromatic N) is 3. The van der Waals surface area contributed by atoms with Crippen molar-refractivity contribution in [3.63, 3.8) is 0 Å². The Bertz CT molecular complexity index is 1260. The van der Waals surface area contributed by atoms with Gasteiger partial charge < -0.3 is 9.47 Å². The molecule has 0 saturated heterocycles. The molecule has 2 aromatic heterocycles. The fraction of sp³-hybridized carbons (Fsp3) is 0.241. The van der Waals surface area contributed by atoms with Crippen LogP contribution < -0.4 is 4.74 Å². The average Bonchev–Trinajstić information content (AvgIpc) is 2.92. The van der Waals surface area contributed by atoms with E-state index in [0.29, 0.717) is 18.2 Å². The van der Waals surface area contributed by atoms with Crippen molar-refractivity contribution in [3.8, 4) is 17.0 Å². The summed E-state index contributed by atoms with van der Waals surface area (Å²) in [5, 5.41) is 8.16. The molecule has 6 nitrogen and oxygen atoms in total. The number of carbonyl (C=O) groups excluding carboxylic acids is 1. The van der Waals surface area contributed by atoms with Gasteiger partial charge in [-0.2, -0.15) is 0 Å². The molecule has 6 heteroatoms. The molecule has 0 fully saturated rings. The second-order valence-corrected chi connectivity index (χ2v) is 8.86. The predicted molar refractivity (Wildman–Crippen MR) is 135 cm³/mol. The van der Waals surface area contributed by atoms with Gasteiger partial charge in [-0.15, -0.1) is 10.2 Å². The summed E-state index contributed by atoms with van der Waals surface area (Å²) in [6.45, 7) is 7.17. The molecule has 1 atom stereocenters. The molecular formula is C29H29N3O3. The highest BCUT2D eigenvalue weighted by atomic mass is 16.5. The lowest BCUT2D eigenvalue weighted by atomic mass is 9.68. The number of rotatable bonds is 8. The number of carbonyl (C=O) groups is 1. The molecule has 35 heavy (non-hydrogen) atoms. The first-order chi connectivity index (χ1) is 16.9. The normalized spacial score (nSPS) is 12.7. The molecule has 4 aromatic rings. The third kappa shape index (κ3) is 5.22. The van der Waals surface area contributed by atoms with Crippen LogP contribution in [0.2, 0.25) is 0 Å². The van der Waals surface area contributed by atoms with Gasteiger partial charge >= 0.3 is 5.97 Å². The first-order valence-electron chi connectivity index (χ1n) is 11.6. The molecule has 178 valence electrons. The quantitative estimate of drug-likeness (QED) is 0.302. The van der Waals surface area contributed by atoms with Gasteiger partial charge in [-0.05, 0) is 53.4 Å². The third-order valence-corrected chi connectivity index (χ3v) is 6.56. The first kappa shape index (κ1) is 24.1. The molecule has 0 aliphatic rings. The van der Waals surface area contributed by atoms with Crippen molar-refractivity contribution in [2.45, 2.75) is 32.8 Å². The van der Waals surface area contributed by atoms with E-state index in [9.17, 15) is 4.79 Å². The Kier molecular flexibility index (Phi) is 7.20. The number of benzene rings is 2. The summed E-state index contributed by atoms with van der Waals surface area (Å²) in [7, 11) is 1.32. The van der Waals surface area contributed by atoms with Gasteiger partial charge in [-0.3, -0.25) is 4.98 Å². The molecule has 1 unspecified atom stereocenters. The van der Waals surface area contributed by atoms with Gasteiger partial charge in [0.2, 0.25) is 0 Å². The van der Waals surface area contributed by atoms with E-state index in [1.54, 1.807) is 18.3 Å². The molecule has 4 rings (SSSR count). The number of ether oxygens (including phenoxy) is 2.